The molecular formula is C15H20ClN3O3. The molecule has 22 heavy (non-hydrogen) atoms. The highest BCUT2D eigenvalue weighted by molar-refractivity contribution is 6.30. The average molecular weight is 326 g/mol. The Morgan fingerprint density at radius 1 is 1.14 bits per heavy atom. The van der Waals surface area contributed by atoms with Gasteiger partial charge in [0, 0.05) is 36.9 Å². The van der Waals surface area contributed by atoms with Crippen molar-refractivity contribution in [1.82, 2.24) is 10.2 Å². The van der Waals surface area contributed by atoms with Crippen LogP contribution in [-0.2, 0) is 14.3 Å². The van der Waals surface area contributed by atoms with Crippen LogP contribution in [0.3, 0.4) is 0 Å². The van der Waals surface area contributed by atoms with Crippen LogP contribution in [0.25, 0.3) is 0 Å². The van der Waals surface area contributed by atoms with Crippen LogP contribution in [0.15, 0.2) is 24.3 Å². The lowest BCUT2D eigenvalue weighted by Gasteiger charge is -2.26. The van der Waals surface area contributed by atoms with Crippen molar-refractivity contribution in [3.63, 3.8) is 0 Å². The number of rotatable bonds is 6. The fourth-order valence-electron chi connectivity index (χ4n) is 2.12. The fourth-order valence-corrected chi connectivity index (χ4v) is 2.25. The molecule has 0 radical (unpaired) electrons. The second-order valence-corrected chi connectivity index (χ2v) is 5.47. The quantitative estimate of drug-likeness (QED) is 0.769. The lowest BCUT2D eigenvalue weighted by molar-refractivity contribution is -0.126. The first-order valence-corrected chi connectivity index (χ1v) is 7.63. The van der Waals surface area contributed by atoms with E-state index in [1.807, 2.05) is 0 Å². The first kappa shape index (κ1) is 16.7. The third-order valence-electron chi connectivity index (χ3n) is 3.30. The topological polar surface area (TPSA) is 70.7 Å². The van der Waals surface area contributed by atoms with Crippen LogP contribution in [0.1, 0.15) is 6.42 Å². The number of hydrogen-bond acceptors (Lipinski definition) is 4. The van der Waals surface area contributed by atoms with E-state index in [2.05, 4.69) is 15.5 Å². The first-order valence-electron chi connectivity index (χ1n) is 7.26. The maximum Gasteiger partial charge on any atom is 0.233 e. The molecule has 0 bridgehead atoms. The zero-order valence-corrected chi connectivity index (χ0v) is 13.1. The Kier molecular flexibility index (Phi) is 6.64. The predicted molar refractivity (Wildman–Crippen MR) is 85.0 cm³/mol. The largest absolute Gasteiger partial charge is 0.379 e. The van der Waals surface area contributed by atoms with Crippen molar-refractivity contribution in [2.24, 2.45) is 0 Å². The van der Waals surface area contributed by atoms with Crippen LogP contribution in [0.4, 0.5) is 5.69 Å². The molecule has 0 unspecified atom stereocenters. The summed E-state index contributed by atoms with van der Waals surface area (Å²) in [6.07, 6.45) is -0.189. The summed E-state index contributed by atoms with van der Waals surface area (Å²) in [7, 11) is 0. The van der Waals surface area contributed by atoms with Crippen LogP contribution in [-0.4, -0.2) is 56.1 Å². The third kappa shape index (κ3) is 6.01. The summed E-state index contributed by atoms with van der Waals surface area (Å²) in [5.74, 6) is -0.620. The number of amides is 2. The van der Waals surface area contributed by atoms with Gasteiger partial charge in [-0.1, -0.05) is 11.6 Å². The van der Waals surface area contributed by atoms with E-state index in [-0.39, 0.29) is 18.2 Å². The van der Waals surface area contributed by atoms with Crippen LogP contribution in [0, 0.1) is 0 Å². The standard InChI is InChI=1S/C15H20ClN3O3/c16-12-1-3-13(4-2-12)18-15(21)11-14(20)17-5-6-19-7-9-22-10-8-19/h1-4H,5-11H2,(H,17,20)(H,18,21). The second kappa shape index (κ2) is 8.73. The van der Waals surface area contributed by atoms with Gasteiger partial charge in [-0.25, -0.2) is 0 Å². The Balaban J connectivity index is 1.63. The molecule has 1 aliphatic heterocycles. The van der Waals surface area contributed by atoms with Gasteiger partial charge >= 0.3 is 0 Å². The molecule has 0 spiro atoms. The number of nitrogens with one attached hydrogen (secondary N) is 2. The summed E-state index contributed by atoms with van der Waals surface area (Å²) in [4.78, 5) is 25.7. The Morgan fingerprint density at radius 3 is 2.50 bits per heavy atom. The summed E-state index contributed by atoms with van der Waals surface area (Å²) in [6, 6.07) is 6.74. The van der Waals surface area contributed by atoms with Crippen molar-refractivity contribution < 1.29 is 14.3 Å². The molecule has 1 aromatic carbocycles. The number of morpholine rings is 1. The molecule has 0 aliphatic carbocycles. The summed E-state index contributed by atoms with van der Waals surface area (Å²) in [5, 5.41) is 6.00. The van der Waals surface area contributed by atoms with Gasteiger partial charge in [0.1, 0.15) is 6.42 Å². The van der Waals surface area contributed by atoms with E-state index < -0.39 is 0 Å². The van der Waals surface area contributed by atoms with Gasteiger partial charge in [0.15, 0.2) is 0 Å². The molecule has 2 N–H and O–H groups in total. The van der Waals surface area contributed by atoms with Gasteiger partial charge in [-0.05, 0) is 24.3 Å². The summed E-state index contributed by atoms with van der Waals surface area (Å²) in [5.41, 5.74) is 0.621. The van der Waals surface area contributed by atoms with Crippen molar-refractivity contribution in [2.45, 2.75) is 6.42 Å². The number of carbonyl (C=O) groups excluding carboxylic acids is 2. The monoisotopic (exact) mass is 325 g/mol. The molecule has 1 aliphatic rings. The van der Waals surface area contributed by atoms with Crippen molar-refractivity contribution in [2.75, 3.05) is 44.7 Å². The predicted octanol–water partition coefficient (Wildman–Crippen LogP) is 1.12. The number of benzene rings is 1. The smallest absolute Gasteiger partial charge is 0.233 e. The van der Waals surface area contributed by atoms with Crippen molar-refractivity contribution in [3.8, 4) is 0 Å². The molecule has 7 heteroatoms. The zero-order chi connectivity index (χ0) is 15.8. The summed E-state index contributed by atoms with van der Waals surface area (Å²) in [6.45, 7) is 4.54. The number of hydrogen-bond donors (Lipinski definition) is 2. The lowest BCUT2D eigenvalue weighted by atomic mass is 10.3. The molecule has 0 atom stereocenters. The molecule has 6 nitrogen and oxygen atoms in total. The Bertz CT molecular complexity index is 501. The average Bonchev–Trinajstić information content (AvgIpc) is 2.50. The van der Waals surface area contributed by atoms with Gasteiger partial charge in [0.2, 0.25) is 11.8 Å². The molecule has 0 saturated carbocycles. The van der Waals surface area contributed by atoms with Crippen molar-refractivity contribution >= 4 is 29.1 Å². The maximum atomic E-state index is 11.7. The molecule has 2 amide bonds. The minimum Gasteiger partial charge on any atom is -0.379 e. The number of ether oxygens (including phenoxy) is 1. The van der Waals surface area contributed by atoms with Gasteiger partial charge in [-0.3, -0.25) is 14.5 Å². The van der Waals surface area contributed by atoms with E-state index in [0.29, 0.717) is 17.3 Å². The van der Waals surface area contributed by atoms with Crippen LogP contribution in [0.5, 0.6) is 0 Å². The van der Waals surface area contributed by atoms with Gasteiger partial charge in [0.25, 0.3) is 0 Å². The van der Waals surface area contributed by atoms with E-state index in [1.54, 1.807) is 24.3 Å². The Labute approximate surface area is 134 Å². The fraction of sp³-hybridized carbons (Fsp3) is 0.467. The highest BCUT2D eigenvalue weighted by Crippen LogP contribution is 2.13. The van der Waals surface area contributed by atoms with E-state index in [9.17, 15) is 9.59 Å². The molecular weight excluding hydrogens is 306 g/mol. The number of nitrogens with zero attached hydrogens (tertiary/aromatic N) is 1. The van der Waals surface area contributed by atoms with Crippen LogP contribution >= 0.6 is 11.6 Å². The normalized spacial score (nSPS) is 15.3. The molecule has 2 rings (SSSR count). The van der Waals surface area contributed by atoms with Gasteiger partial charge in [-0.15, -0.1) is 0 Å². The van der Waals surface area contributed by atoms with E-state index in [1.165, 1.54) is 0 Å². The molecule has 1 fully saturated rings. The van der Waals surface area contributed by atoms with E-state index in [4.69, 9.17) is 16.3 Å². The summed E-state index contributed by atoms with van der Waals surface area (Å²) < 4.78 is 5.25. The minimum atomic E-state index is -0.341. The van der Waals surface area contributed by atoms with Gasteiger partial charge in [-0.2, -0.15) is 0 Å². The minimum absolute atomic E-state index is 0.189. The lowest BCUT2D eigenvalue weighted by Crippen LogP contribution is -2.41. The zero-order valence-electron chi connectivity index (χ0n) is 12.3. The third-order valence-corrected chi connectivity index (χ3v) is 3.55. The number of anilines is 1. The molecule has 1 saturated heterocycles. The molecule has 1 heterocycles. The molecule has 1 aromatic rings. The highest BCUT2D eigenvalue weighted by atomic mass is 35.5. The summed E-state index contributed by atoms with van der Waals surface area (Å²) >= 11 is 5.77. The van der Waals surface area contributed by atoms with Crippen molar-refractivity contribution in [3.05, 3.63) is 29.3 Å². The molecule has 0 aromatic heterocycles. The van der Waals surface area contributed by atoms with Crippen LogP contribution in [0.2, 0.25) is 5.02 Å². The van der Waals surface area contributed by atoms with Gasteiger partial charge in [0.05, 0.1) is 13.2 Å². The maximum absolute atomic E-state index is 11.7. The van der Waals surface area contributed by atoms with E-state index >= 15 is 0 Å². The second-order valence-electron chi connectivity index (χ2n) is 5.04. The number of carbonyl (C=O) groups is 2. The first-order chi connectivity index (χ1) is 10.6. The highest BCUT2D eigenvalue weighted by Gasteiger charge is 2.12. The number of halogens is 1. The molecule has 120 valence electrons. The Morgan fingerprint density at radius 2 is 1.82 bits per heavy atom. The van der Waals surface area contributed by atoms with Crippen molar-refractivity contribution in [1.29, 1.82) is 0 Å². The van der Waals surface area contributed by atoms with Gasteiger partial charge < -0.3 is 15.4 Å². The van der Waals surface area contributed by atoms with E-state index in [0.717, 1.165) is 32.8 Å². The van der Waals surface area contributed by atoms with Crippen LogP contribution < -0.4 is 10.6 Å². The SMILES string of the molecule is O=C(CC(=O)Nc1ccc(Cl)cc1)NCCN1CCOCC1. The Hall–Kier alpha value is -1.63.